The zero-order valence-corrected chi connectivity index (χ0v) is 15.3. The smallest absolute Gasteiger partial charge is 0.230 e. The maximum atomic E-state index is 12.9. The molecule has 3 rings (SSSR count). The average molecular weight is 393 g/mol. The molecule has 0 unspecified atom stereocenters. The van der Waals surface area contributed by atoms with Gasteiger partial charge in [0.25, 0.3) is 0 Å². The number of hydrogen-bond donors (Lipinski definition) is 1. The van der Waals surface area contributed by atoms with Crippen LogP contribution in [0.1, 0.15) is 11.1 Å². The molecule has 0 bridgehead atoms. The molecule has 0 aliphatic rings. The molecular formula is C17H13FN2O2S3. The molecule has 128 valence electrons. The number of amides is 1. The summed E-state index contributed by atoms with van der Waals surface area (Å²) in [6.07, 6.45) is 0.163. The van der Waals surface area contributed by atoms with E-state index >= 15 is 0 Å². The zero-order chi connectivity index (χ0) is 17.6. The second-order valence-corrected chi connectivity index (χ2v) is 7.85. The van der Waals surface area contributed by atoms with Gasteiger partial charge in [-0.15, -0.1) is 0 Å². The van der Waals surface area contributed by atoms with E-state index in [0.29, 0.717) is 21.4 Å². The Morgan fingerprint density at radius 3 is 2.64 bits per heavy atom. The molecule has 0 radical (unpaired) electrons. The van der Waals surface area contributed by atoms with Crippen molar-refractivity contribution < 1.29 is 13.9 Å². The lowest BCUT2D eigenvalue weighted by atomic mass is 10.1. The lowest BCUT2D eigenvalue weighted by Gasteiger charge is -2.11. The number of anilines is 1. The number of halogens is 1. The van der Waals surface area contributed by atoms with Crippen LogP contribution in [-0.4, -0.2) is 10.9 Å². The fourth-order valence-electron chi connectivity index (χ4n) is 2.11. The van der Waals surface area contributed by atoms with Crippen LogP contribution in [0.2, 0.25) is 0 Å². The first kappa shape index (κ1) is 17.7. The molecule has 2 aromatic carbocycles. The molecule has 4 nitrogen and oxygen atoms in total. The molecule has 0 spiro atoms. The van der Waals surface area contributed by atoms with Crippen molar-refractivity contribution in [3.63, 3.8) is 0 Å². The maximum Gasteiger partial charge on any atom is 0.230 e. The molecule has 0 saturated carbocycles. The summed E-state index contributed by atoms with van der Waals surface area (Å²) >= 11 is 4.95. The van der Waals surface area contributed by atoms with E-state index in [1.54, 1.807) is 18.2 Å². The minimum Gasteiger partial charge on any atom is -0.489 e. The minimum atomic E-state index is -0.286. The SMILES string of the molecule is O=C(Cc1ccccc1OCc1ccc(F)cc1)Nc1nc(=S)ss1. The lowest BCUT2D eigenvalue weighted by molar-refractivity contribution is -0.115. The topological polar surface area (TPSA) is 51.2 Å². The fourth-order valence-corrected chi connectivity index (χ4v) is 3.99. The molecule has 0 aliphatic heterocycles. The van der Waals surface area contributed by atoms with Gasteiger partial charge in [-0.2, -0.15) is 4.98 Å². The molecule has 1 amide bonds. The van der Waals surface area contributed by atoms with Gasteiger partial charge in [-0.25, -0.2) is 4.39 Å². The highest BCUT2D eigenvalue weighted by Crippen LogP contribution is 2.22. The van der Waals surface area contributed by atoms with Crippen molar-refractivity contribution in [3.05, 3.63) is 69.4 Å². The second-order valence-electron chi connectivity index (χ2n) is 5.10. The highest BCUT2D eigenvalue weighted by atomic mass is 32.9. The van der Waals surface area contributed by atoms with Gasteiger partial charge in [0.15, 0.2) is 3.95 Å². The predicted molar refractivity (Wildman–Crippen MR) is 100 cm³/mol. The van der Waals surface area contributed by atoms with Gasteiger partial charge >= 0.3 is 0 Å². The number of ether oxygens (including phenoxy) is 1. The predicted octanol–water partition coefficient (Wildman–Crippen LogP) is 4.83. The van der Waals surface area contributed by atoms with E-state index < -0.39 is 0 Å². The van der Waals surface area contributed by atoms with E-state index in [1.807, 2.05) is 18.2 Å². The molecule has 1 aromatic heterocycles. The highest BCUT2D eigenvalue weighted by molar-refractivity contribution is 7.79. The van der Waals surface area contributed by atoms with Gasteiger partial charge in [-0.1, -0.05) is 30.3 Å². The van der Waals surface area contributed by atoms with Crippen LogP contribution >= 0.6 is 32.9 Å². The molecule has 0 fully saturated rings. The fraction of sp³-hybridized carbons (Fsp3) is 0.118. The molecule has 1 N–H and O–H groups in total. The van der Waals surface area contributed by atoms with Crippen molar-refractivity contribution in [2.75, 3.05) is 5.32 Å². The van der Waals surface area contributed by atoms with Gasteiger partial charge in [0.2, 0.25) is 11.0 Å². The van der Waals surface area contributed by atoms with Crippen molar-refractivity contribution >= 4 is 43.9 Å². The quantitative estimate of drug-likeness (QED) is 0.482. The summed E-state index contributed by atoms with van der Waals surface area (Å²) in [7, 11) is 2.68. The van der Waals surface area contributed by atoms with E-state index in [9.17, 15) is 9.18 Å². The molecule has 0 atom stereocenters. The first-order valence-corrected chi connectivity index (χ1v) is 9.88. The molecule has 0 aliphatic carbocycles. The lowest BCUT2D eigenvalue weighted by Crippen LogP contribution is -2.15. The van der Waals surface area contributed by atoms with Crippen LogP contribution in [0, 0.1) is 9.77 Å². The number of hydrogen-bond acceptors (Lipinski definition) is 6. The van der Waals surface area contributed by atoms with Gasteiger partial charge in [0.05, 0.1) is 6.42 Å². The van der Waals surface area contributed by atoms with Crippen LogP contribution < -0.4 is 10.1 Å². The number of nitrogens with zero attached hydrogens (tertiary/aromatic N) is 1. The van der Waals surface area contributed by atoms with Crippen LogP contribution in [0.15, 0.2) is 48.5 Å². The van der Waals surface area contributed by atoms with Crippen molar-refractivity contribution in [3.8, 4) is 5.75 Å². The van der Waals surface area contributed by atoms with E-state index in [2.05, 4.69) is 10.3 Å². The van der Waals surface area contributed by atoms with Gasteiger partial charge in [-0.3, -0.25) is 4.79 Å². The molecule has 3 aromatic rings. The first-order chi connectivity index (χ1) is 12.1. The molecule has 1 heterocycles. The number of carbonyl (C=O) groups is 1. The van der Waals surface area contributed by atoms with Gasteiger partial charge in [-0.05, 0) is 56.7 Å². The summed E-state index contributed by atoms with van der Waals surface area (Å²) in [6, 6.07) is 13.4. The third-order valence-corrected chi connectivity index (χ3v) is 5.79. The van der Waals surface area contributed by atoms with Crippen LogP contribution in [0.3, 0.4) is 0 Å². The van der Waals surface area contributed by atoms with Gasteiger partial charge in [0.1, 0.15) is 18.2 Å². The van der Waals surface area contributed by atoms with Crippen LogP contribution in [0.5, 0.6) is 5.75 Å². The van der Waals surface area contributed by atoms with E-state index in [4.69, 9.17) is 17.0 Å². The summed E-state index contributed by atoms with van der Waals surface area (Å²) in [5.41, 5.74) is 1.61. The van der Waals surface area contributed by atoms with Crippen LogP contribution in [0.25, 0.3) is 0 Å². The third-order valence-electron chi connectivity index (χ3n) is 3.26. The number of rotatable bonds is 6. The number of nitrogens with one attached hydrogen (secondary N) is 1. The van der Waals surface area contributed by atoms with Crippen LogP contribution in [-0.2, 0) is 17.8 Å². The first-order valence-electron chi connectivity index (χ1n) is 7.32. The molecule has 0 saturated heterocycles. The molecular weight excluding hydrogens is 379 g/mol. The Kier molecular flexibility index (Phi) is 5.85. The van der Waals surface area contributed by atoms with Crippen LogP contribution in [0.4, 0.5) is 9.52 Å². The van der Waals surface area contributed by atoms with E-state index in [-0.39, 0.29) is 18.1 Å². The Morgan fingerprint density at radius 2 is 1.92 bits per heavy atom. The minimum absolute atomic E-state index is 0.163. The molecule has 8 heteroatoms. The Bertz CT molecular complexity index is 922. The summed E-state index contributed by atoms with van der Waals surface area (Å²) < 4.78 is 19.2. The second kappa shape index (κ2) is 8.28. The monoisotopic (exact) mass is 392 g/mol. The largest absolute Gasteiger partial charge is 0.489 e. The zero-order valence-electron chi connectivity index (χ0n) is 12.9. The van der Waals surface area contributed by atoms with Crippen molar-refractivity contribution in [2.24, 2.45) is 0 Å². The Morgan fingerprint density at radius 1 is 1.16 bits per heavy atom. The highest BCUT2D eigenvalue weighted by Gasteiger charge is 2.11. The number of para-hydroxylation sites is 1. The normalized spacial score (nSPS) is 10.4. The van der Waals surface area contributed by atoms with Crippen molar-refractivity contribution in [1.29, 1.82) is 0 Å². The van der Waals surface area contributed by atoms with Gasteiger partial charge < -0.3 is 10.1 Å². The number of carbonyl (C=O) groups excluding carboxylic acids is 1. The Hall–Kier alpha value is -2.16. The summed E-state index contributed by atoms with van der Waals surface area (Å²) in [5.74, 6) is 0.147. The maximum absolute atomic E-state index is 12.9. The summed E-state index contributed by atoms with van der Waals surface area (Å²) in [6.45, 7) is 0.298. The Labute approximate surface area is 156 Å². The van der Waals surface area contributed by atoms with E-state index in [1.165, 1.54) is 32.8 Å². The Balaban J connectivity index is 1.64. The van der Waals surface area contributed by atoms with Crippen molar-refractivity contribution in [1.82, 2.24) is 4.98 Å². The summed E-state index contributed by atoms with van der Waals surface area (Å²) in [5, 5.41) is 3.24. The summed E-state index contributed by atoms with van der Waals surface area (Å²) in [4.78, 5) is 16.2. The standard InChI is InChI=1S/C17H13FN2O2S3/c18-13-7-5-11(6-8-13)10-22-14-4-2-1-3-12(14)9-15(21)19-16-20-17(23)25-24-16/h1-8H,9-10H2,(H,19,20,21,23). The van der Waals surface area contributed by atoms with Gasteiger partial charge in [0, 0.05) is 5.56 Å². The van der Waals surface area contributed by atoms with Crippen molar-refractivity contribution in [2.45, 2.75) is 13.0 Å². The average Bonchev–Trinajstić information content (AvgIpc) is 3.00. The third kappa shape index (κ3) is 5.15. The number of aromatic nitrogens is 1. The molecule has 25 heavy (non-hydrogen) atoms. The van der Waals surface area contributed by atoms with E-state index in [0.717, 1.165) is 11.1 Å². The number of benzene rings is 2.